The third kappa shape index (κ3) is 3.23. The number of aromatic nitrogens is 3. The van der Waals surface area contributed by atoms with E-state index in [4.69, 9.17) is 4.74 Å². The van der Waals surface area contributed by atoms with Gasteiger partial charge in [0, 0.05) is 29.5 Å². The number of hydrogen-bond acceptors (Lipinski definition) is 3. The van der Waals surface area contributed by atoms with Crippen LogP contribution in [-0.2, 0) is 0 Å². The molecule has 3 heterocycles. The number of rotatable bonds is 4. The fourth-order valence-electron chi connectivity index (χ4n) is 3.70. The van der Waals surface area contributed by atoms with Gasteiger partial charge in [0.1, 0.15) is 11.4 Å². The highest BCUT2D eigenvalue weighted by Crippen LogP contribution is 2.30. The lowest BCUT2D eigenvalue weighted by molar-refractivity contribution is 0.242. The second kappa shape index (κ2) is 7.06. The van der Waals surface area contributed by atoms with E-state index in [0.717, 1.165) is 39.2 Å². The number of hydrogen-bond donors (Lipinski definition) is 0. The molecule has 29 heavy (non-hydrogen) atoms. The monoisotopic (exact) mass is 379 g/mol. The molecular weight excluding hydrogens is 358 g/mol. The van der Waals surface area contributed by atoms with E-state index >= 15 is 0 Å². The molecule has 0 unspecified atom stereocenters. The first-order valence-corrected chi connectivity index (χ1v) is 9.76. The molecule has 0 amide bonds. The van der Waals surface area contributed by atoms with Gasteiger partial charge in [0.2, 0.25) is 0 Å². The van der Waals surface area contributed by atoms with Gasteiger partial charge in [-0.05, 0) is 60.7 Å². The van der Waals surface area contributed by atoms with Crippen LogP contribution < -0.4 is 4.74 Å². The van der Waals surface area contributed by atoms with Crippen molar-refractivity contribution >= 4 is 16.4 Å². The standard InChI is InChI=1S/C25H21N3O/c1-17(2)29-21-8-6-18(7-9-21)19-11-13-28-24(16-27-25(28)14-19)23-5-3-4-20-15-26-12-10-22(20)23/h3-17H,1-2H3. The normalized spacial score (nSPS) is 11.4. The zero-order valence-electron chi connectivity index (χ0n) is 16.4. The van der Waals surface area contributed by atoms with Crippen LogP contribution in [0.25, 0.3) is 38.8 Å². The molecule has 0 bridgehead atoms. The molecule has 0 fully saturated rings. The molecule has 2 aromatic carbocycles. The minimum atomic E-state index is 0.172. The van der Waals surface area contributed by atoms with E-state index < -0.39 is 0 Å². The van der Waals surface area contributed by atoms with Crippen molar-refractivity contribution in [2.24, 2.45) is 0 Å². The zero-order chi connectivity index (χ0) is 19.8. The summed E-state index contributed by atoms with van der Waals surface area (Å²) in [5.74, 6) is 0.887. The summed E-state index contributed by atoms with van der Waals surface area (Å²) in [5, 5.41) is 2.30. The van der Waals surface area contributed by atoms with Crippen molar-refractivity contribution in [3.8, 4) is 28.1 Å². The summed E-state index contributed by atoms with van der Waals surface area (Å²) in [6, 6.07) is 20.8. The van der Waals surface area contributed by atoms with Crippen LogP contribution in [0.5, 0.6) is 5.75 Å². The van der Waals surface area contributed by atoms with E-state index in [1.807, 2.05) is 44.6 Å². The van der Waals surface area contributed by atoms with Crippen LogP contribution >= 0.6 is 0 Å². The van der Waals surface area contributed by atoms with Crippen molar-refractivity contribution in [3.05, 3.63) is 85.5 Å². The van der Waals surface area contributed by atoms with Crippen LogP contribution in [-0.4, -0.2) is 20.5 Å². The Morgan fingerprint density at radius 3 is 2.59 bits per heavy atom. The molecule has 0 aliphatic carbocycles. The summed E-state index contributed by atoms with van der Waals surface area (Å²) in [7, 11) is 0. The Balaban J connectivity index is 1.55. The predicted octanol–water partition coefficient (Wildman–Crippen LogP) is 6.00. The van der Waals surface area contributed by atoms with Gasteiger partial charge in [-0.1, -0.05) is 30.3 Å². The molecule has 0 saturated heterocycles. The van der Waals surface area contributed by atoms with E-state index in [1.54, 1.807) is 0 Å². The van der Waals surface area contributed by atoms with Gasteiger partial charge in [-0.25, -0.2) is 4.98 Å². The Morgan fingerprint density at radius 1 is 0.897 bits per heavy atom. The average molecular weight is 379 g/mol. The highest BCUT2D eigenvalue weighted by molar-refractivity contribution is 5.95. The van der Waals surface area contributed by atoms with Gasteiger partial charge < -0.3 is 4.74 Å². The van der Waals surface area contributed by atoms with Crippen LogP contribution in [0.4, 0.5) is 0 Å². The summed E-state index contributed by atoms with van der Waals surface area (Å²) in [6.07, 6.45) is 7.93. The zero-order valence-corrected chi connectivity index (χ0v) is 16.4. The topological polar surface area (TPSA) is 39.4 Å². The molecular formula is C25H21N3O. The third-order valence-electron chi connectivity index (χ3n) is 5.03. The van der Waals surface area contributed by atoms with Crippen molar-refractivity contribution in [3.63, 3.8) is 0 Å². The summed E-state index contributed by atoms with van der Waals surface area (Å²) in [6.45, 7) is 4.06. The molecule has 4 nitrogen and oxygen atoms in total. The Hall–Kier alpha value is -3.66. The maximum Gasteiger partial charge on any atom is 0.137 e. The molecule has 0 aliphatic rings. The lowest BCUT2D eigenvalue weighted by Gasteiger charge is -2.10. The molecule has 0 atom stereocenters. The first kappa shape index (κ1) is 17.4. The van der Waals surface area contributed by atoms with E-state index in [9.17, 15) is 0 Å². The van der Waals surface area contributed by atoms with Crippen LogP contribution in [0.2, 0.25) is 0 Å². The molecule has 0 spiro atoms. The SMILES string of the molecule is CC(C)Oc1ccc(-c2ccn3c(-c4cccc5cnccc45)cnc3c2)cc1. The summed E-state index contributed by atoms with van der Waals surface area (Å²) in [5.41, 5.74) is 5.42. The van der Waals surface area contributed by atoms with E-state index in [0.29, 0.717) is 0 Å². The van der Waals surface area contributed by atoms with Crippen molar-refractivity contribution in [1.82, 2.24) is 14.4 Å². The first-order chi connectivity index (χ1) is 14.2. The first-order valence-electron chi connectivity index (χ1n) is 9.76. The summed E-state index contributed by atoms with van der Waals surface area (Å²) in [4.78, 5) is 8.90. The second-order valence-electron chi connectivity index (χ2n) is 7.38. The quantitative estimate of drug-likeness (QED) is 0.384. The Morgan fingerprint density at radius 2 is 1.76 bits per heavy atom. The molecule has 3 aromatic heterocycles. The maximum atomic E-state index is 5.74. The minimum Gasteiger partial charge on any atom is -0.491 e. The number of benzene rings is 2. The van der Waals surface area contributed by atoms with Gasteiger partial charge in [-0.3, -0.25) is 9.38 Å². The minimum absolute atomic E-state index is 0.172. The summed E-state index contributed by atoms with van der Waals surface area (Å²) < 4.78 is 7.88. The lowest BCUT2D eigenvalue weighted by atomic mass is 10.0. The second-order valence-corrected chi connectivity index (χ2v) is 7.38. The van der Waals surface area contributed by atoms with Gasteiger partial charge in [-0.2, -0.15) is 0 Å². The molecule has 4 heteroatoms. The summed E-state index contributed by atoms with van der Waals surface area (Å²) >= 11 is 0. The van der Waals surface area contributed by atoms with Crippen LogP contribution in [0.15, 0.2) is 85.5 Å². The Kier molecular flexibility index (Phi) is 4.24. The molecule has 5 rings (SSSR count). The highest BCUT2D eigenvalue weighted by atomic mass is 16.5. The van der Waals surface area contributed by atoms with Crippen LogP contribution in [0.3, 0.4) is 0 Å². The van der Waals surface area contributed by atoms with Gasteiger partial charge in [-0.15, -0.1) is 0 Å². The predicted molar refractivity (Wildman–Crippen MR) is 117 cm³/mol. The van der Waals surface area contributed by atoms with Gasteiger partial charge in [0.25, 0.3) is 0 Å². The molecule has 142 valence electrons. The van der Waals surface area contributed by atoms with E-state index in [-0.39, 0.29) is 6.10 Å². The molecule has 5 aromatic rings. The van der Waals surface area contributed by atoms with Crippen molar-refractivity contribution < 1.29 is 4.74 Å². The Bertz CT molecular complexity index is 1300. The number of pyridine rings is 2. The average Bonchev–Trinajstić information content (AvgIpc) is 3.16. The van der Waals surface area contributed by atoms with E-state index in [1.165, 1.54) is 5.39 Å². The number of fused-ring (bicyclic) bond motifs is 2. The van der Waals surface area contributed by atoms with Crippen molar-refractivity contribution in [2.75, 3.05) is 0 Å². The van der Waals surface area contributed by atoms with Crippen molar-refractivity contribution in [1.29, 1.82) is 0 Å². The van der Waals surface area contributed by atoms with E-state index in [2.05, 4.69) is 69.1 Å². The lowest BCUT2D eigenvalue weighted by Crippen LogP contribution is -2.05. The molecule has 0 saturated carbocycles. The molecule has 0 radical (unpaired) electrons. The highest BCUT2D eigenvalue weighted by Gasteiger charge is 2.10. The smallest absolute Gasteiger partial charge is 0.137 e. The fourth-order valence-corrected chi connectivity index (χ4v) is 3.70. The molecule has 0 aliphatic heterocycles. The number of imidazole rings is 1. The third-order valence-corrected chi connectivity index (χ3v) is 5.03. The Labute approximate surface area is 169 Å². The van der Waals surface area contributed by atoms with Crippen LogP contribution in [0.1, 0.15) is 13.8 Å². The van der Waals surface area contributed by atoms with Crippen LogP contribution in [0, 0.1) is 0 Å². The number of nitrogens with zero attached hydrogens (tertiary/aromatic N) is 3. The van der Waals surface area contributed by atoms with Crippen molar-refractivity contribution in [2.45, 2.75) is 20.0 Å². The fraction of sp³-hybridized carbons (Fsp3) is 0.120. The largest absolute Gasteiger partial charge is 0.491 e. The number of ether oxygens (including phenoxy) is 1. The van der Waals surface area contributed by atoms with Gasteiger partial charge in [0.05, 0.1) is 18.0 Å². The van der Waals surface area contributed by atoms with Gasteiger partial charge in [0.15, 0.2) is 0 Å². The maximum absolute atomic E-state index is 5.74. The van der Waals surface area contributed by atoms with Gasteiger partial charge >= 0.3 is 0 Å². The molecule has 0 N–H and O–H groups in total.